The van der Waals surface area contributed by atoms with Gasteiger partial charge in [0.15, 0.2) is 0 Å². The fourth-order valence-electron chi connectivity index (χ4n) is 2.82. The van der Waals surface area contributed by atoms with Crippen LogP contribution in [-0.4, -0.2) is 5.91 Å². The summed E-state index contributed by atoms with van der Waals surface area (Å²) < 4.78 is 0. The van der Waals surface area contributed by atoms with Crippen LogP contribution in [0.3, 0.4) is 0 Å². The van der Waals surface area contributed by atoms with Crippen LogP contribution in [0.15, 0.2) is 18.2 Å². The fourth-order valence-corrected chi connectivity index (χ4v) is 2.82. The van der Waals surface area contributed by atoms with Crippen LogP contribution in [0.1, 0.15) is 44.6 Å². The van der Waals surface area contributed by atoms with Crippen LogP contribution < -0.4 is 11.1 Å². The molecule has 3 N–H and O–H groups in total. The van der Waals surface area contributed by atoms with Crippen molar-refractivity contribution in [1.82, 2.24) is 0 Å². The minimum Gasteiger partial charge on any atom is -0.399 e. The number of hydrogen-bond acceptors (Lipinski definition) is 2. The lowest BCUT2D eigenvalue weighted by Gasteiger charge is -2.26. The highest BCUT2D eigenvalue weighted by Gasteiger charge is 2.39. The molecule has 0 aliphatic heterocycles. The van der Waals surface area contributed by atoms with Crippen LogP contribution >= 0.6 is 0 Å². The number of nitrogen functional groups attached to an aromatic ring is 1. The third-order valence-corrected chi connectivity index (χ3v) is 4.23. The Hall–Kier alpha value is -1.51. The molecule has 1 aliphatic rings. The average molecular weight is 246 g/mol. The second kappa shape index (κ2) is 5.01. The lowest BCUT2D eigenvalue weighted by Crippen LogP contribution is -2.33. The minimum atomic E-state index is -0.156. The first-order valence-corrected chi connectivity index (χ1v) is 6.75. The van der Waals surface area contributed by atoms with Gasteiger partial charge in [-0.1, -0.05) is 25.8 Å². The first-order chi connectivity index (χ1) is 8.57. The van der Waals surface area contributed by atoms with Gasteiger partial charge in [-0.3, -0.25) is 4.79 Å². The Balaban J connectivity index is 2.18. The molecule has 0 spiro atoms. The van der Waals surface area contributed by atoms with Crippen molar-refractivity contribution in [2.75, 3.05) is 11.1 Å². The van der Waals surface area contributed by atoms with Gasteiger partial charge >= 0.3 is 0 Å². The van der Waals surface area contributed by atoms with Gasteiger partial charge < -0.3 is 11.1 Å². The Labute approximate surface area is 109 Å². The molecule has 0 aromatic heterocycles. The normalized spacial score (nSPS) is 17.7. The van der Waals surface area contributed by atoms with E-state index in [4.69, 9.17) is 5.73 Å². The van der Waals surface area contributed by atoms with Crippen LogP contribution in [0, 0.1) is 12.3 Å². The van der Waals surface area contributed by atoms with E-state index < -0.39 is 0 Å². The molecule has 98 valence electrons. The Morgan fingerprint density at radius 2 is 2.06 bits per heavy atom. The van der Waals surface area contributed by atoms with Crippen LogP contribution in [0.5, 0.6) is 0 Å². The van der Waals surface area contributed by atoms with Crippen molar-refractivity contribution in [3.8, 4) is 0 Å². The molecule has 1 aliphatic carbocycles. The summed E-state index contributed by atoms with van der Waals surface area (Å²) >= 11 is 0. The molecule has 1 aromatic rings. The number of nitrogens with one attached hydrogen (secondary N) is 1. The van der Waals surface area contributed by atoms with Gasteiger partial charge in [-0.25, -0.2) is 0 Å². The van der Waals surface area contributed by atoms with Crippen molar-refractivity contribution >= 4 is 17.3 Å². The summed E-state index contributed by atoms with van der Waals surface area (Å²) in [5.74, 6) is 0.163. The molecule has 2 rings (SSSR count). The van der Waals surface area contributed by atoms with Gasteiger partial charge in [0.05, 0.1) is 0 Å². The standard InChI is InChI=1S/C15H22N2O/c1-3-15(8-4-5-9-15)14(18)17-13-10-12(16)7-6-11(13)2/h6-7,10H,3-5,8-9,16H2,1-2H3,(H,17,18). The monoisotopic (exact) mass is 246 g/mol. The first kappa shape index (κ1) is 12.9. The Bertz CT molecular complexity index is 448. The van der Waals surface area contributed by atoms with E-state index in [1.54, 1.807) is 0 Å². The van der Waals surface area contributed by atoms with E-state index in [1.165, 1.54) is 0 Å². The summed E-state index contributed by atoms with van der Waals surface area (Å²) in [4.78, 5) is 12.5. The van der Waals surface area contributed by atoms with Gasteiger partial charge in [-0.15, -0.1) is 0 Å². The van der Waals surface area contributed by atoms with Crippen molar-refractivity contribution in [3.05, 3.63) is 23.8 Å². The molecule has 1 amide bonds. The van der Waals surface area contributed by atoms with Crippen LogP contribution in [-0.2, 0) is 4.79 Å². The summed E-state index contributed by atoms with van der Waals surface area (Å²) in [5.41, 5.74) is 8.21. The molecule has 0 unspecified atom stereocenters. The van der Waals surface area contributed by atoms with Crippen LogP contribution in [0.25, 0.3) is 0 Å². The molecule has 0 saturated heterocycles. The number of carbonyl (C=O) groups excluding carboxylic acids is 1. The highest BCUT2D eigenvalue weighted by molar-refractivity contribution is 5.96. The quantitative estimate of drug-likeness (QED) is 0.802. The zero-order chi connectivity index (χ0) is 13.2. The van der Waals surface area contributed by atoms with Gasteiger partial charge in [0.1, 0.15) is 0 Å². The molecule has 3 nitrogen and oxygen atoms in total. The predicted molar refractivity (Wildman–Crippen MR) is 75.4 cm³/mol. The molecule has 0 heterocycles. The van der Waals surface area contributed by atoms with Crippen molar-refractivity contribution in [2.24, 2.45) is 5.41 Å². The Morgan fingerprint density at radius 3 is 2.67 bits per heavy atom. The zero-order valence-electron chi connectivity index (χ0n) is 11.3. The van der Waals surface area contributed by atoms with Crippen molar-refractivity contribution in [2.45, 2.75) is 46.0 Å². The Kier molecular flexibility index (Phi) is 3.60. The van der Waals surface area contributed by atoms with Crippen molar-refractivity contribution < 1.29 is 4.79 Å². The van der Waals surface area contributed by atoms with Crippen molar-refractivity contribution in [3.63, 3.8) is 0 Å². The molecule has 0 atom stereocenters. The molecule has 0 bridgehead atoms. The lowest BCUT2D eigenvalue weighted by molar-refractivity contribution is -0.125. The molecular formula is C15H22N2O. The number of aryl methyl sites for hydroxylation is 1. The molecule has 18 heavy (non-hydrogen) atoms. The molecule has 1 aromatic carbocycles. The van der Waals surface area contributed by atoms with E-state index in [2.05, 4.69) is 12.2 Å². The smallest absolute Gasteiger partial charge is 0.230 e. The summed E-state index contributed by atoms with van der Waals surface area (Å²) in [6, 6.07) is 5.64. The summed E-state index contributed by atoms with van der Waals surface area (Å²) in [5, 5.41) is 3.07. The fraction of sp³-hybridized carbons (Fsp3) is 0.533. The highest BCUT2D eigenvalue weighted by atomic mass is 16.2. The van der Waals surface area contributed by atoms with Crippen molar-refractivity contribution in [1.29, 1.82) is 0 Å². The van der Waals surface area contributed by atoms with Crippen LogP contribution in [0.2, 0.25) is 0 Å². The lowest BCUT2D eigenvalue weighted by atomic mass is 9.82. The summed E-state index contributed by atoms with van der Waals surface area (Å²) in [6.07, 6.45) is 5.27. The number of benzene rings is 1. The molecule has 1 fully saturated rings. The highest BCUT2D eigenvalue weighted by Crippen LogP contribution is 2.42. The first-order valence-electron chi connectivity index (χ1n) is 6.75. The molecule has 3 heteroatoms. The zero-order valence-corrected chi connectivity index (χ0v) is 11.3. The second-order valence-electron chi connectivity index (χ2n) is 5.37. The third-order valence-electron chi connectivity index (χ3n) is 4.23. The third kappa shape index (κ3) is 2.35. The van der Waals surface area contributed by atoms with E-state index in [9.17, 15) is 4.79 Å². The number of carbonyl (C=O) groups is 1. The number of rotatable bonds is 3. The summed E-state index contributed by atoms with van der Waals surface area (Å²) in [6.45, 7) is 4.10. The molecule has 0 radical (unpaired) electrons. The number of amides is 1. The SMILES string of the molecule is CCC1(C(=O)Nc2cc(N)ccc2C)CCCC1. The van der Waals surface area contributed by atoms with E-state index in [-0.39, 0.29) is 11.3 Å². The maximum atomic E-state index is 12.5. The maximum Gasteiger partial charge on any atom is 0.230 e. The van der Waals surface area contributed by atoms with E-state index in [1.807, 2.05) is 25.1 Å². The second-order valence-corrected chi connectivity index (χ2v) is 5.37. The van der Waals surface area contributed by atoms with Crippen LogP contribution in [0.4, 0.5) is 11.4 Å². The van der Waals surface area contributed by atoms with E-state index in [0.29, 0.717) is 5.69 Å². The van der Waals surface area contributed by atoms with Gasteiger partial charge in [-0.05, 0) is 43.9 Å². The molecule has 1 saturated carbocycles. The Morgan fingerprint density at radius 1 is 1.39 bits per heavy atom. The van der Waals surface area contributed by atoms with E-state index in [0.717, 1.165) is 43.4 Å². The van der Waals surface area contributed by atoms with Gasteiger partial charge in [-0.2, -0.15) is 0 Å². The topological polar surface area (TPSA) is 55.1 Å². The maximum absolute atomic E-state index is 12.5. The molecular weight excluding hydrogens is 224 g/mol. The van der Waals surface area contributed by atoms with E-state index >= 15 is 0 Å². The number of hydrogen-bond donors (Lipinski definition) is 2. The average Bonchev–Trinajstić information content (AvgIpc) is 2.84. The predicted octanol–water partition coefficient (Wildman–Crippen LogP) is 3.49. The number of anilines is 2. The van der Waals surface area contributed by atoms with Gasteiger partial charge in [0.25, 0.3) is 0 Å². The van der Waals surface area contributed by atoms with Gasteiger partial charge in [0, 0.05) is 16.8 Å². The number of nitrogens with two attached hydrogens (primary N) is 1. The largest absolute Gasteiger partial charge is 0.399 e. The minimum absolute atomic E-state index is 0.156. The van der Waals surface area contributed by atoms with Gasteiger partial charge in [0.2, 0.25) is 5.91 Å². The summed E-state index contributed by atoms with van der Waals surface area (Å²) in [7, 11) is 0.